The second-order valence-corrected chi connectivity index (χ2v) is 14.7. The Morgan fingerprint density at radius 2 is 1.43 bits per heavy atom. The van der Waals surface area contributed by atoms with Crippen molar-refractivity contribution >= 4 is 40.6 Å². The fourth-order valence-corrected chi connectivity index (χ4v) is 8.81. The number of Topliss-reactive ketones (excluding diaryl/α,β-unsaturated/α-hetero) is 1. The van der Waals surface area contributed by atoms with Crippen LogP contribution in [0.3, 0.4) is 0 Å². The third-order valence-corrected chi connectivity index (χ3v) is 11.3. The second-order valence-electron chi connectivity index (χ2n) is 12.1. The molecule has 1 amide bonds. The molecule has 5 aromatic carbocycles. The van der Waals surface area contributed by atoms with Crippen LogP contribution < -0.4 is 4.74 Å². The first-order valence-electron chi connectivity index (χ1n) is 16.0. The number of nitrogens with zero attached hydrogens (tertiary/aromatic N) is 1. The van der Waals surface area contributed by atoms with Gasteiger partial charge in [0.05, 0.1) is 6.61 Å². The molecule has 46 heavy (non-hydrogen) atoms. The number of likely N-dealkylation sites (tertiary alicyclic amines) is 1. The van der Waals surface area contributed by atoms with E-state index in [-0.39, 0.29) is 31.3 Å². The molecule has 5 aromatic rings. The number of carbonyl (C=O) groups excluding carboxylic acids is 2. The first-order valence-corrected chi connectivity index (χ1v) is 18.2. The Kier molecular flexibility index (Phi) is 9.67. The summed E-state index contributed by atoms with van der Waals surface area (Å²) in [5.74, 6) is 0.672. The van der Waals surface area contributed by atoms with Crippen molar-refractivity contribution in [1.82, 2.24) is 4.90 Å². The smallest absolute Gasteiger partial charge is 0.260 e. The van der Waals surface area contributed by atoms with Crippen LogP contribution in [0.4, 0.5) is 0 Å². The minimum Gasteiger partial charge on any atom is -0.483 e. The molecule has 0 radical (unpaired) electrons. The van der Waals surface area contributed by atoms with Crippen molar-refractivity contribution in [2.45, 2.75) is 37.8 Å². The van der Waals surface area contributed by atoms with Gasteiger partial charge in [-0.15, -0.1) is 0 Å². The lowest BCUT2D eigenvalue weighted by atomic mass is 9.89. The maximum Gasteiger partial charge on any atom is 0.260 e. The highest BCUT2D eigenvalue weighted by Crippen LogP contribution is 2.58. The highest BCUT2D eigenvalue weighted by molar-refractivity contribution is 7.59. The molecule has 0 spiro atoms. The first-order chi connectivity index (χ1) is 22.4. The lowest BCUT2D eigenvalue weighted by molar-refractivity contribution is -0.134. The molecule has 0 aromatic heterocycles. The third-order valence-electron chi connectivity index (χ3n) is 9.06. The molecule has 0 saturated carbocycles. The van der Waals surface area contributed by atoms with Crippen molar-refractivity contribution in [3.8, 4) is 5.75 Å². The summed E-state index contributed by atoms with van der Waals surface area (Å²) in [6.45, 7) is 4.81. The first kappa shape index (κ1) is 31.7. The molecule has 0 N–H and O–H groups in total. The van der Waals surface area contributed by atoms with Gasteiger partial charge < -0.3 is 14.2 Å². The average Bonchev–Trinajstić information content (AvgIpc) is 3.08. The van der Waals surface area contributed by atoms with Crippen molar-refractivity contribution in [3.63, 3.8) is 0 Å². The van der Waals surface area contributed by atoms with Gasteiger partial charge in [-0.25, -0.2) is 0 Å². The standard InChI is InChI=1S/C39H40NO5P/c1-3-45-46(2,43)39(35-19-11-16-30-14-7-9-17-33(30)35)36(41)26-32-21-20-31-15-8-10-18-34(31)38(32)44-27-37(42)40-24-22-29(23-25-40)28-12-5-4-6-13-28/h4-21,29,39H,3,22-27H2,1-2H3. The largest absolute Gasteiger partial charge is 0.483 e. The van der Waals surface area contributed by atoms with Crippen LogP contribution >= 0.6 is 7.37 Å². The van der Waals surface area contributed by atoms with Crippen molar-refractivity contribution in [2.75, 3.05) is 33.0 Å². The number of hydrogen-bond acceptors (Lipinski definition) is 5. The predicted molar refractivity (Wildman–Crippen MR) is 185 cm³/mol. The molecule has 0 aliphatic carbocycles. The predicted octanol–water partition coefficient (Wildman–Crippen LogP) is 8.58. The summed E-state index contributed by atoms with van der Waals surface area (Å²) in [5.41, 5.74) is 1.71. The van der Waals surface area contributed by atoms with Gasteiger partial charge in [-0.05, 0) is 53.0 Å². The molecule has 1 aliphatic rings. The molecule has 2 unspecified atom stereocenters. The van der Waals surface area contributed by atoms with Crippen LogP contribution in [0, 0.1) is 0 Å². The third kappa shape index (κ3) is 6.79. The second kappa shape index (κ2) is 14.0. The molecular formula is C39H40NO5P. The Morgan fingerprint density at radius 3 is 2.15 bits per heavy atom. The fraction of sp³-hybridized carbons (Fsp3) is 0.282. The molecule has 2 atom stereocenters. The molecule has 0 bridgehead atoms. The van der Waals surface area contributed by atoms with E-state index in [0.29, 0.717) is 35.9 Å². The highest BCUT2D eigenvalue weighted by atomic mass is 31.2. The van der Waals surface area contributed by atoms with Gasteiger partial charge in [-0.1, -0.05) is 109 Å². The van der Waals surface area contributed by atoms with E-state index in [9.17, 15) is 14.2 Å². The van der Waals surface area contributed by atoms with Crippen molar-refractivity contribution in [2.24, 2.45) is 0 Å². The maximum absolute atomic E-state index is 14.3. The van der Waals surface area contributed by atoms with Crippen LogP contribution in [-0.2, 0) is 25.1 Å². The monoisotopic (exact) mass is 633 g/mol. The molecule has 1 fully saturated rings. The van der Waals surface area contributed by atoms with Gasteiger partial charge in [0.15, 0.2) is 12.4 Å². The Bertz CT molecular complexity index is 1890. The Hall–Kier alpha value is -4.25. The number of carbonyl (C=O) groups is 2. The number of piperidine rings is 1. The van der Waals surface area contributed by atoms with Crippen LogP contribution in [0.25, 0.3) is 21.5 Å². The number of amides is 1. The minimum atomic E-state index is -3.41. The Morgan fingerprint density at radius 1 is 0.804 bits per heavy atom. The number of rotatable bonds is 11. The van der Waals surface area contributed by atoms with E-state index in [4.69, 9.17) is 9.26 Å². The molecule has 1 aliphatic heterocycles. The van der Waals surface area contributed by atoms with Crippen LogP contribution in [0.5, 0.6) is 5.75 Å². The van der Waals surface area contributed by atoms with Crippen LogP contribution in [0.15, 0.2) is 109 Å². The average molecular weight is 634 g/mol. The topological polar surface area (TPSA) is 72.9 Å². The summed E-state index contributed by atoms with van der Waals surface area (Å²) in [4.78, 5) is 29.6. The zero-order valence-corrected chi connectivity index (χ0v) is 27.3. The zero-order valence-electron chi connectivity index (χ0n) is 26.4. The minimum absolute atomic E-state index is 0.0182. The van der Waals surface area contributed by atoms with Crippen LogP contribution in [0.2, 0.25) is 0 Å². The lowest BCUT2D eigenvalue weighted by Gasteiger charge is -2.32. The molecule has 1 saturated heterocycles. The quantitative estimate of drug-likeness (QED) is 0.136. The van der Waals surface area contributed by atoms with Gasteiger partial charge >= 0.3 is 0 Å². The zero-order chi connectivity index (χ0) is 32.1. The van der Waals surface area contributed by atoms with E-state index in [2.05, 4.69) is 24.3 Å². The molecular weight excluding hydrogens is 593 g/mol. The lowest BCUT2D eigenvalue weighted by Crippen LogP contribution is -2.40. The molecule has 1 heterocycles. The number of fused-ring (bicyclic) bond motifs is 2. The molecule has 236 valence electrons. The van der Waals surface area contributed by atoms with Crippen molar-refractivity contribution in [1.29, 1.82) is 0 Å². The van der Waals surface area contributed by atoms with Gasteiger partial charge in [-0.2, -0.15) is 0 Å². The van der Waals surface area contributed by atoms with Gasteiger partial charge in [-0.3, -0.25) is 14.2 Å². The van der Waals surface area contributed by atoms with E-state index in [1.807, 2.05) is 89.8 Å². The van der Waals surface area contributed by atoms with Gasteiger partial charge in [0.1, 0.15) is 11.4 Å². The van der Waals surface area contributed by atoms with E-state index < -0.39 is 13.0 Å². The van der Waals surface area contributed by atoms with E-state index in [0.717, 1.165) is 34.4 Å². The fourth-order valence-electron chi connectivity index (χ4n) is 6.80. The molecule has 6 rings (SSSR count). The summed E-state index contributed by atoms with van der Waals surface area (Å²) in [5, 5.41) is 3.62. The van der Waals surface area contributed by atoms with E-state index >= 15 is 0 Å². The van der Waals surface area contributed by atoms with E-state index in [1.54, 1.807) is 13.6 Å². The Balaban J connectivity index is 1.26. The van der Waals surface area contributed by atoms with Gasteiger partial charge in [0, 0.05) is 37.1 Å². The van der Waals surface area contributed by atoms with Crippen molar-refractivity contribution in [3.05, 3.63) is 126 Å². The SMILES string of the molecule is CCOP(C)(=O)C(C(=O)Cc1ccc2ccccc2c1OCC(=O)N1CCC(c2ccccc2)CC1)c1cccc2ccccc12. The summed E-state index contributed by atoms with van der Waals surface area (Å²) >= 11 is 0. The molecule has 6 nitrogen and oxygen atoms in total. The van der Waals surface area contributed by atoms with Crippen molar-refractivity contribution < 1.29 is 23.4 Å². The number of ketones is 1. The number of hydrogen-bond donors (Lipinski definition) is 0. The van der Waals surface area contributed by atoms with Crippen LogP contribution in [0.1, 0.15) is 48.0 Å². The normalized spacial score (nSPS) is 15.8. The van der Waals surface area contributed by atoms with Gasteiger partial charge in [0.25, 0.3) is 5.91 Å². The summed E-state index contributed by atoms with van der Waals surface area (Å²) in [7, 11) is -3.41. The van der Waals surface area contributed by atoms with Crippen LogP contribution in [-0.4, -0.2) is 49.6 Å². The number of ether oxygens (including phenoxy) is 1. The summed E-state index contributed by atoms with van der Waals surface area (Å²) in [6.07, 6.45) is 1.81. The summed E-state index contributed by atoms with van der Waals surface area (Å²) in [6, 6.07) is 35.7. The highest BCUT2D eigenvalue weighted by Gasteiger charge is 2.38. The number of benzene rings is 5. The Labute approximate surface area is 270 Å². The van der Waals surface area contributed by atoms with E-state index in [1.165, 1.54) is 5.56 Å². The van der Waals surface area contributed by atoms with Gasteiger partial charge in [0.2, 0.25) is 7.37 Å². The summed E-state index contributed by atoms with van der Waals surface area (Å²) < 4.78 is 26.2. The maximum atomic E-state index is 14.3. The molecule has 7 heteroatoms.